The molecule has 4 N–H and O–H groups in total. The third-order valence-corrected chi connectivity index (χ3v) is 9.07. The molecule has 0 spiro atoms. The van der Waals surface area contributed by atoms with Gasteiger partial charge in [-0.15, -0.1) is 0 Å². The summed E-state index contributed by atoms with van der Waals surface area (Å²) < 4.78 is 0. The van der Waals surface area contributed by atoms with E-state index >= 15 is 0 Å². The fourth-order valence-corrected chi connectivity index (χ4v) is 6.61. The standard InChI is InChI=1S/C33H34N6/c1-19-2-12-27(36-19)32-35-18-31(39-32)25-10-9-23-14-22(7-8-24(23)15-25)20-3-5-21(6-4-20)30-17-34-33(38-30)28-13-11-26-16-29(26)37-28/h3-10,14-15,17-19,26-29,36-37H,2,11-13,16H2,1H3,(H,34,38)(H,35,39)/t19?,26?,27-,28-,29?/m0/s1. The molecular weight excluding hydrogens is 480 g/mol. The van der Waals surface area contributed by atoms with Gasteiger partial charge in [0.2, 0.25) is 0 Å². The third kappa shape index (κ3) is 4.38. The molecule has 8 rings (SSSR count). The van der Waals surface area contributed by atoms with Gasteiger partial charge in [-0.3, -0.25) is 0 Å². The number of hydrogen-bond acceptors (Lipinski definition) is 4. The van der Waals surface area contributed by atoms with Gasteiger partial charge >= 0.3 is 0 Å². The molecule has 0 bridgehead atoms. The van der Waals surface area contributed by atoms with Gasteiger partial charge < -0.3 is 20.6 Å². The number of H-pyrrole nitrogens is 2. The second-order valence-corrected chi connectivity index (χ2v) is 11.8. The van der Waals surface area contributed by atoms with Crippen molar-refractivity contribution >= 4 is 10.8 Å². The largest absolute Gasteiger partial charge is 0.341 e. The van der Waals surface area contributed by atoms with Crippen LogP contribution in [0.5, 0.6) is 0 Å². The number of rotatable bonds is 5. The summed E-state index contributed by atoms with van der Waals surface area (Å²) in [6.45, 7) is 2.24. The van der Waals surface area contributed by atoms with Crippen LogP contribution in [0, 0.1) is 5.92 Å². The van der Waals surface area contributed by atoms with Gasteiger partial charge in [-0.25, -0.2) is 9.97 Å². The van der Waals surface area contributed by atoms with Crippen LogP contribution in [0.4, 0.5) is 0 Å². The molecule has 0 amide bonds. The molecule has 2 aromatic heterocycles. The van der Waals surface area contributed by atoms with E-state index in [4.69, 9.17) is 4.98 Å². The number of aromatic nitrogens is 4. The van der Waals surface area contributed by atoms with E-state index in [0.29, 0.717) is 24.2 Å². The fourth-order valence-electron chi connectivity index (χ4n) is 6.61. The van der Waals surface area contributed by atoms with Crippen LogP contribution >= 0.6 is 0 Å². The minimum Gasteiger partial charge on any atom is -0.341 e. The Hall–Kier alpha value is -3.74. The molecule has 2 aliphatic heterocycles. The van der Waals surface area contributed by atoms with Gasteiger partial charge in [-0.1, -0.05) is 48.5 Å². The maximum absolute atomic E-state index is 4.71. The van der Waals surface area contributed by atoms with E-state index in [1.165, 1.54) is 58.7 Å². The van der Waals surface area contributed by atoms with Crippen LogP contribution in [0.25, 0.3) is 44.4 Å². The van der Waals surface area contributed by atoms with Crippen LogP contribution in [0.2, 0.25) is 0 Å². The highest BCUT2D eigenvalue weighted by molar-refractivity contribution is 5.90. The van der Waals surface area contributed by atoms with E-state index in [1.54, 1.807) is 0 Å². The van der Waals surface area contributed by atoms with E-state index in [9.17, 15) is 0 Å². The molecule has 6 heteroatoms. The number of benzene rings is 3. The molecule has 1 aliphatic carbocycles. The minimum atomic E-state index is 0.331. The summed E-state index contributed by atoms with van der Waals surface area (Å²) in [4.78, 5) is 16.5. The molecule has 39 heavy (non-hydrogen) atoms. The zero-order chi connectivity index (χ0) is 25.9. The summed E-state index contributed by atoms with van der Waals surface area (Å²) in [5.74, 6) is 3.03. The van der Waals surface area contributed by atoms with E-state index in [2.05, 4.69) is 93.2 Å². The summed E-state index contributed by atoms with van der Waals surface area (Å²) in [5, 5.41) is 9.83. The third-order valence-electron chi connectivity index (χ3n) is 9.07. The SMILES string of the molecule is CC1CC[C@@H](c2ncc(-c3ccc4cc(-c5ccc(-c6cnc([C@@H]7CCC8CC8N7)[nH]6)cc5)ccc4c3)[nH]2)N1. The lowest BCUT2D eigenvalue weighted by Gasteiger charge is -2.21. The highest BCUT2D eigenvalue weighted by Crippen LogP contribution is 2.42. The Balaban J connectivity index is 0.996. The molecule has 3 fully saturated rings. The summed E-state index contributed by atoms with van der Waals surface area (Å²) in [6.07, 6.45) is 10.1. The molecule has 196 valence electrons. The zero-order valence-corrected chi connectivity index (χ0v) is 22.2. The summed E-state index contributed by atoms with van der Waals surface area (Å²) >= 11 is 0. The lowest BCUT2D eigenvalue weighted by Crippen LogP contribution is -2.29. The lowest BCUT2D eigenvalue weighted by molar-refractivity contribution is 0.389. The molecule has 6 nitrogen and oxygen atoms in total. The van der Waals surface area contributed by atoms with E-state index < -0.39 is 0 Å². The van der Waals surface area contributed by atoms with Crippen LogP contribution in [0.15, 0.2) is 73.1 Å². The van der Waals surface area contributed by atoms with E-state index in [0.717, 1.165) is 35.4 Å². The number of piperidine rings is 1. The first-order chi connectivity index (χ1) is 19.2. The van der Waals surface area contributed by atoms with Crippen molar-refractivity contribution in [2.45, 2.75) is 63.2 Å². The first-order valence-electron chi connectivity index (χ1n) is 14.4. The van der Waals surface area contributed by atoms with Gasteiger partial charge in [-0.2, -0.15) is 0 Å². The predicted molar refractivity (Wildman–Crippen MR) is 156 cm³/mol. The van der Waals surface area contributed by atoms with Crippen LogP contribution in [0.1, 0.15) is 62.8 Å². The lowest BCUT2D eigenvalue weighted by atomic mass is 9.98. The van der Waals surface area contributed by atoms with E-state index in [1.807, 2.05) is 12.4 Å². The van der Waals surface area contributed by atoms with Crippen LogP contribution in [0.3, 0.4) is 0 Å². The van der Waals surface area contributed by atoms with Crippen LogP contribution in [-0.4, -0.2) is 32.0 Å². The maximum atomic E-state index is 4.71. The Morgan fingerprint density at radius 1 is 0.615 bits per heavy atom. The van der Waals surface area contributed by atoms with Gasteiger partial charge in [-0.05, 0) is 84.5 Å². The van der Waals surface area contributed by atoms with Crippen molar-refractivity contribution in [1.82, 2.24) is 30.6 Å². The normalized spacial score (nSPS) is 26.1. The number of nitrogens with one attached hydrogen (secondary N) is 4. The van der Waals surface area contributed by atoms with Gasteiger partial charge in [0.05, 0.1) is 35.9 Å². The van der Waals surface area contributed by atoms with Crippen molar-refractivity contribution in [3.05, 3.63) is 84.7 Å². The molecule has 0 radical (unpaired) electrons. The average molecular weight is 515 g/mol. The van der Waals surface area contributed by atoms with Crippen molar-refractivity contribution in [1.29, 1.82) is 0 Å². The summed E-state index contributed by atoms with van der Waals surface area (Å²) in [5.41, 5.74) is 6.94. The van der Waals surface area contributed by atoms with Crippen LogP contribution in [-0.2, 0) is 0 Å². The van der Waals surface area contributed by atoms with Crippen molar-refractivity contribution in [3.8, 4) is 33.6 Å². The number of imidazole rings is 2. The molecule has 3 aliphatic rings. The monoisotopic (exact) mass is 514 g/mol. The molecule has 1 saturated carbocycles. The number of hydrogen-bond donors (Lipinski definition) is 4. The summed E-state index contributed by atoms with van der Waals surface area (Å²) in [7, 11) is 0. The molecular formula is C33H34N6. The van der Waals surface area contributed by atoms with Crippen molar-refractivity contribution < 1.29 is 0 Å². The Morgan fingerprint density at radius 3 is 1.90 bits per heavy atom. The average Bonchev–Trinajstić information content (AvgIpc) is 3.34. The van der Waals surface area contributed by atoms with Crippen molar-refractivity contribution in [2.24, 2.45) is 5.92 Å². The van der Waals surface area contributed by atoms with Gasteiger partial charge in [0.1, 0.15) is 11.6 Å². The molecule has 3 aromatic carbocycles. The molecule has 5 aromatic rings. The predicted octanol–water partition coefficient (Wildman–Crippen LogP) is 6.91. The van der Waals surface area contributed by atoms with Gasteiger partial charge in [0, 0.05) is 17.6 Å². The zero-order valence-electron chi connectivity index (χ0n) is 22.2. The van der Waals surface area contributed by atoms with Crippen molar-refractivity contribution in [2.75, 3.05) is 0 Å². The first kappa shape index (κ1) is 23.2. The Kier molecular flexibility index (Phi) is 5.45. The quantitative estimate of drug-likeness (QED) is 0.205. The highest BCUT2D eigenvalue weighted by atomic mass is 15.1. The smallest absolute Gasteiger partial charge is 0.123 e. The van der Waals surface area contributed by atoms with E-state index in [-0.39, 0.29) is 0 Å². The number of fused-ring (bicyclic) bond motifs is 2. The molecule has 3 unspecified atom stereocenters. The first-order valence-corrected chi connectivity index (χ1v) is 14.4. The number of aromatic amines is 2. The van der Waals surface area contributed by atoms with Crippen molar-refractivity contribution in [3.63, 3.8) is 0 Å². The second-order valence-electron chi connectivity index (χ2n) is 11.8. The minimum absolute atomic E-state index is 0.331. The van der Waals surface area contributed by atoms with Gasteiger partial charge in [0.15, 0.2) is 0 Å². The Bertz CT molecular complexity index is 1650. The maximum Gasteiger partial charge on any atom is 0.123 e. The molecule has 5 atom stereocenters. The Labute approximate surface area is 228 Å². The van der Waals surface area contributed by atoms with Crippen LogP contribution < -0.4 is 10.6 Å². The summed E-state index contributed by atoms with van der Waals surface area (Å²) in [6, 6.07) is 24.2. The topological polar surface area (TPSA) is 81.4 Å². The molecule has 4 heterocycles. The highest BCUT2D eigenvalue weighted by Gasteiger charge is 2.42. The number of nitrogens with zero attached hydrogens (tertiary/aromatic N) is 2. The molecule has 2 saturated heterocycles. The second kappa shape index (κ2) is 9.18. The van der Waals surface area contributed by atoms with Gasteiger partial charge in [0.25, 0.3) is 0 Å². The Morgan fingerprint density at radius 2 is 1.21 bits per heavy atom. The fraction of sp³-hybridized carbons (Fsp3) is 0.333.